The molecule has 0 saturated carbocycles. The molecule has 3 nitrogen and oxygen atoms in total. The van der Waals surface area contributed by atoms with Crippen LogP contribution >= 0.6 is 11.3 Å². The van der Waals surface area contributed by atoms with Gasteiger partial charge in [-0.3, -0.25) is 0 Å². The fourth-order valence-electron chi connectivity index (χ4n) is 2.20. The van der Waals surface area contributed by atoms with Gasteiger partial charge in [-0.25, -0.2) is 4.79 Å². The highest BCUT2D eigenvalue weighted by atomic mass is 32.1. The van der Waals surface area contributed by atoms with Crippen molar-refractivity contribution in [1.82, 2.24) is 0 Å². The van der Waals surface area contributed by atoms with Crippen LogP contribution in [0.5, 0.6) is 0 Å². The molecule has 0 spiro atoms. The van der Waals surface area contributed by atoms with Gasteiger partial charge in [0.25, 0.3) is 0 Å². The molecule has 0 aliphatic heterocycles. The third kappa shape index (κ3) is 2.92. The fourth-order valence-corrected chi connectivity index (χ4v) is 3.18. The molecule has 0 fully saturated rings. The SMILES string of the molecule is Cc1ccc(C(=O)OCC(=N)c2csc3ccccc23)cc1. The highest BCUT2D eigenvalue weighted by molar-refractivity contribution is 7.17. The Morgan fingerprint density at radius 2 is 1.86 bits per heavy atom. The first-order chi connectivity index (χ1) is 10.6. The highest BCUT2D eigenvalue weighted by Gasteiger charge is 2.12. The van der Waals surface area contributed by atoms with Gasteiger partial charge in [0.15, 0.2) is 0 Å². The molecule has 2 aromatic carbocycles. The molecular formula is C18H15NO2S. The summed E-state index contributed by atoms with van der Waals surface area (Å²) in [6, 6.07) is 15.1. The second-order valence-electron chi connectivity index (χ2n) is 5.07. The van der Waals surface area contributed by atoms with Crippen LogP contribution in [0.4, 0.5) is 0 Å². The van der Waals surface area contributed by atoms with Crippen molar-refractivity contribution in [3.05, 3.63) is 70.6 Å². The minimum atomic E-state index is -0.399. The molecule has 0 bridgehead atoms. The molecule has 0 amide bonds. The Bertz CT molecular complexity index is 834. The summed E-state index contributed by atoms with van der Waals surface area (Å²) in [5.41, 5.74) is 2.75. The van der Waals surface area contributed by atoms with Gasteiger partial charge in [-0.05, 0) is 25.1 Å². The Morgan fingerprint density at radius 3 is 2.64 bits per heavy atom. The Morgan fingerprint density at radius 1 is 1.14 bits per heavy atom. The van der Waals surface area contributed by atoms with Gasteiger partial charge in [-0.2, -0.15) is 0 Å². The van der Waals surface area contributed by atoms with Gasteiger partial charge >= 0.3 is 5.97 Å². The molecule has 3 aromatic rings. The van der Waals surface area contributed by atoms with E-state index in [1.165, 1.54) is 0 Å². The number of nitrogens with one attached hydrogen (secondary N) is 1. The minimum absolute atomic E-state index is 0.0204. The lowest BCUT2D eigenvalue weighted by Crippen LogP contribution is -2.14. The quantitative estimate of drug-likeness (QED) is 0.572. The van der Waals surface area contributed by atoms with Crippen LogP contribution in [0.1, 0.15) is 21.5 Å². The van der Waals surface area contributed by atoms with Crippen LogP contribution in [-0.2, 0) is 4.74 Å². The van der Waals surface area contributed by atoms with Crippen LogP contribution < -0.4 is 0 Å². The second-order valence-corrected chi connectivity index (χ2v) is 5.98. The van der Waals surface area contributed by atoms with Crippen LogP contribution in [0.15, 0.2) is 53.9 Å². The number of aryl methyl sites for hydroxylation is 1. The first-order valence-electron chi connectivity index (χ1n) is 6.93. The van der Waals surface area contributed by atoms with Gasteiger partial charge < -0.3 is 10.1 Å². The number of hydrogen-bond donors (Lipinski definition) is 1. The number of carbonyl (C=O) groups excluding carboxylic acids is 1. The Hall–Kier alpha value is -2.46. The van der Waals surface area contributed by atoms with E-state index in [-0.39, 0.29) is 6.61 Å². The first-order valence-corrected chi connectivity index (χ1v) is 7.81. The second kappa shape index (κ2) is 6.12. The number of fused-ring (bicyclic) bond motifs is 1. The summed E-state index contributed by atoms with van der Waals surface area (Å²) >= 11 is 1.59. The van der Waals surface area contributed by atoms with Crippen LogP contribution in [0.25, 0.3) is 10.1 Å². The normalized spacial score (nSPS) is 10.6. The van der Waals surface area contributed by atoms with E-state index in [4.69, 9.17) is 10.1 Å². The van der Waals surface area contributed by atoms with Crippen LogP contribution in [0.3, 0.4) is 0 Å². The van der Waals surface area contributed by atoms with Crippen molar-refractivity contribution >= 4 is 33.1 Å². The van der Waals surface area contributed by atoms with Gasteiger partial charge in [0.05, 0.1) is 11.3 Å². The molecule has 110 valence electrons. The molecule has 22 heavy (non-hydrogen) atoms. The molecule has 1 N–H and O–H groups in total. The van der Waals surface area contributed by atoms with E-state index in [0.717, 1.165) is 21.2 Å². The molecule has 0 radical (unpaired) electrons. The maximum atomic E-state index is 12.0. The predicted molar refractivity (Wildman–Crippen MR) is 90.1 cm³/mol. The zero-order chi connectivity index (χ0) is 15.5. The third-order valence-corrected chi connectivity index (χ3v) is 4.40. The van der Waals surface area contributed by atoms with E-state index < -0.39 is 5.97 Å². The number of rotatable bonds is 4. The van der Waals surface area contributed by atoms with E-state index in [1.54, 1.807) is 23.5 Å². The summed E-state index contributed by atoms with van der Waals surface area (Å²) < 4.78 is 6.38. The Labute approximate surface area is 132 Å². The van der Waals surface area contributed by atoms with Crippen molar-refractivity contribution in [2.45, 2.75) is 6.92 Å². The molecule has 1 heterocycles. The Kier molecular flexibility index (Phi) is 4.02. The van der Waals surface area contributed by atoms with Crippen LogP contribution in [0, 0.1) is 12.3 Å². The molecular weight excluding hydrogens is 294 g/mol. The van der Waals surface area contributed by atoms with Gasteiger partial charge in [0.2, 0.25) is 0 Å². The van der Waals surface area contributed by atoms with Crippen molar-refractivity contribution in [2.24, 2.45) is 0 Å². The molecule has 0 aliphatic rings. The smallest absolute Gasteiger partial charge is 0.338 e. The molecule has 3 rings (SSSR count). The summed E-state index contributed by atoms with van der Waals surface area (Å²) in [4.78, 5) is 12.0. The van der Waals surface area contributed by atoms with Crippen LogP contribution in [-0.4, -0.2) is 18.3 Å². The number of esters is 1. The van der Waals surface area contributed by atoms with E-state index in [9.17, 15) is 4.79 Å². The summed E-state index contributed by atoms with van der Waals surface area (Å²) in [6.07, 6.45) is 0. The molecule has 0 atom stereocenters. The highest BCUT2D eigenvalue weighted by Crippen LogP contribution is 2.25. The number of ether oxygens (including phenoxy) is 1. The average molecular weight is 309 g/mol. The summed E-state index contributed by atoms with van der Waals surface area (Å²) in [5.74, 6) is -0.399. The molecule has 0 saturated heterocycles. The van der Waals surface area contributed by atoms with Crippen molar-refractivity contribution < 1.29 is 9.53 Å². The lowest BCUT2D eigenvalue weighted by molar-refractivity contribution is 0.0563. The first kappa shape index (κ1) is 14.5. The zero-order valence-electron chi connectivity index (χ0n) is 12.1. The van der Waals surface area contributed by atoms with E-state index >= 15 is 0 Å². The van der Waals surface area contributed by atoms with Gasteiger partial charge in [-0.15, -0.1) is 11.3 Å². The summed E-state index contributed by atoms with van der Waals surface area (Å²) in [5, 5.41) is 11.1. The number of hydrogen-bond acceptors (Lipinski definition) is 4. The zero-order valence-corrected chi connectivity index (χ0v) is 12.9. The topological polar surface area (TPSA) is 50.2 Å². The van der Waals surface area contributed by atoms with Crippen molar-refractivity contribution in [3.63, 3.8) is 0 Å². The molecule has 4 heteroatoms. The van der Waals surface area contributed by atoms with Crippen LogP contribution in [0.2, 0.25) is 0 Å². The lowest BCUT2D eigenvalue weighted by Gasteiger charge is -2.06. The average Bonchev–Trinajstić information content (AvgIpc) is 2.97. The van der Waals surface area contributed by atoms with Crippen molar-refractivity contribution in [3.8, 4) is 0 Å². The molecule has 1 aromatic heterocycles. The van der Waals surface area contributed by atoms with E-state index in [2.05, 4.69) is 0 Å². The maximum Gasteiger partial charge on any atom is 0.338 e. The van der Waals surface area contributed by atoms with E-state index in [1.807, 2.05) is 48.7 Å². The van der Waals surface area contributed by atoms with Crippen molar-refractivity contribution in [2.75, 3.05) is 6.61 Å². The van der Waals surface area contributed by atoms with Gasteiger partial charge in [-0.1, -0.05) is 35.9 Å². The lowest BCUT2D eigenvalue weighted by atomic mass is 10.1. The monoisotopic (exact) mass is 309 g/mol. The fraction of sp³-hybridized carbons (Fsp3) is 0.111. The molecule has 0 unspecified atom stereocenters. The Balaban J connectivity index is 1.70. The summed E-state index contributed by atoms with van der Waals surface area (Å²) in [7, 11) is 0. The van der Waals surface area contributed by atoms with Crippen molar-refractivity contribution in [1.29, 1.82) is 5.41 Å². The maximum absolute atomic E-state index is 12.0. The third-order valence-electron chi connectivity index (χ3n) is 3.44. The van der Waals surface area contributed by atoms with Gasteiger partial charge in [0.1, 0.15) is 6.61 Å². The number of thiophene rings is 1. The van der Waals surface area contributed by atoms with Gasteiger partial charge in [0, 0.05) is 21.0 Å². The van der Waals surface area contributed by atoms with E-state index in [0.29, 0.717) is 11.3 Å². The summed E-state index contributed by atoms with van der Waals surface area (Å²) in [6.45, 7) is 1.94. The minimum Gasteiger partial charge on any atom is -0.456 e. The number of benzene rings is 2. The number of carbonyl (C=O) groups is 1. The molecule has 0 aliphatic carbocycles. The standard InChI is InChI=1S/C18H15NO2S/c1-12-6-8-13(9-7-12)18(20)21-10-16(19)15-11-22-17-5-3-2-4-14(15)17/h2-9,11,19H,10H2,1H3. The predicted octanol–water partition coefficient (Wildman–Crippen LogP) is 4.43. The largest absolute Gasteiger partial charge is 0.456 e.